The maximum Gasteiger partial charge on any atom is 0.0692 e. The molecular weight excluding hydrogens is 227 g/mol. The molecule has 0 saturated carbocycles. The second-order valence-corrected chi connectivity index (χ2v) is 6.10. The zero-order chi connectivity index (χ0) is 11.9. The molecule has 2 aromatic heterocycles. The number of pyridine rings is 2. The van der Waals surface area contributed by atoms with Crippen LogP contribution in [-0.4, -0.2) is 16.1 Å². The van der Waals surface area contributed by atoms with Crippen LogP contribution in [0.1, 0.15) is 19.8 Å². The number of hydrogen-bond donors (Lipinski definition) is 0. The molecule has 0 saturated heterocycles. The molecule has 0 spiro atoms. The highest BCUT2D eigenvalue weighted by Gasteiger charge is 2.14. The van der Waals surface area contributed by atoms with E-state index < -0.39 is 0 Å². The maximum atomic E-state index is 4.50. The zero-order valence-corrected chi connectivity index (χ0v) is 11.0. The van der Waals surface area contributed by atoms with Gasteiger partial charge in [0.25, 0.3) is 0 Å². The molecule has 0 aromatic carbocycles. The van der Waals surface area contributed by atoms with Crippen LogP contribution in [0.2, 0.25) is 0 Å². The molecule has 0 amide bonds. The van der Waals surface area contributed by atoms with E-state index in [-0.39, 0.29) is 7.92 Å². The molecule has 17 heavy (non-hydrogen) atoms. The van der Waals surface area contributed by atoms with Gasteiger partial charge in [0, 0.05) is 12.4 Å². The summed E-state index contributed by atoms with van der Waals surface area (Å²) in [6.07, 6.45) is 7.39. The van der Waals surface area contributed by atoms with Crippen LogP contribution in [0, 0.1) is 0 Å². The van der Waals surface area contributed by atoms with Crippen molar-refractivity contribution in [1.29, 1.82) is 0 Å². The van der Waals surface area contributed by atoms with E-state index in [1.54, 1.807) is 0 Å². The molecule has 88 valence electrons. The molecule has 2 rings (SSSR count). The Hall–Kier alpha value is -1.27. The molecule has 0 atom stereocenters. The van der Waals surface area contributed by atoms with Crippen LogP contribution in [0.15, 0.2) is 48.8 Å². The standard InChI is InChI=1S/C14H17N2P/c1-2-3-12-17(13-8-4-6-10-15-13)14-9-5-7-11-16-14/h4-11H,2-3,12H2,1H3. The maximum absolute atomic E-state index is 4.50. The largest absolute Gasteiger partial charge is 0.256 e. The molecule has 2 nitrogen and oxygen atoms in total. The van der Waals surface area contributed by atoms with Crippen LogP contribution >= 0.6 is 7.92 Å². The molecule has 0 aliphatic carbocycles. The van der Waals surface area contributed by atoms with Gasteiger partial charge in [0.15, 0.2) is 0 Å². The minimum atomic E-state index is -0.379. The first-order valence-electron chi connectivity index (χ1n) is 6.01. The SMILES string of the molecule is CCCCP(c1ccccn1)c1ccccn1. The van der Waals surface area contributed by atoms with Crippen LogP contribution < -0.4 is 10.9 Å². The van der Waals surface area contributed by atoms with Gasteiger partial charge in [0.1, 0.15) is 0 Å². The van der Waals surface area contributed by atoms with Crippen LogP contribution in [0.25, 0.3) is 0 Å². The highest BCUT2D eigenvalue weighted by Crippen LogP contribution is 2.32. The third-order valence-electron chi connectivity index (χ3n) is 2.59. The lowest BCUT2D eigenvalue weighted by molar-refractivity contribution is 0.893. The predicted octanol–water partition coefficient (Wildman–Crippen LogP) is 2.71. The van der Waals surface area contributed by atoms with E-state index in [0.29, 0.717) is 0 Å². The van der Waals surface area contributed by atoms with E-state index >= 15 is 0 Å². The van der Waals surface area contributed by atoms with Gasteiger partial charge >= 0.3 is 0 Å². The summed E-state index contributed by atoms with van der Waals surface area (Å²) in [6.45, 7) is 2.23. The lowest BCUT2D eigenvalue weighted by Gasteiger charge is -2.15. The molecule has 0 aliphatic heterocycles. The third-order valence-corrected chi connectivity index (χ3v) is 4.99. The quantitative estimate of drug-likeness (QED) is 0.756. The van der Waals surface area contributed by atoms with E-state index in [2.05, 4.69) is 41.2 Å². The fourth-order valence-electron chi connectivity index (χ4n) is 1.69. The Labute approximate surface area is 104 Å². The van der Waals surface area contributed by atoms with E-state index in [1.807, 2.05) is 24.5 Å². The molecule has 0 fully saturated rings. The number of unbranched alkanes of at least 4 members (excludes halogenated alkanes) is 1. The Balaban J connectivity index is 2.26. The molecule has 0 bridgehead atoms. The van der Waals surface area contributed by atoms with Gasteiger partial charge in [-0.25, -0.2) is 0 Å². The first-order chi connectivity index (χ1) is 8.42. The molecule has 2 heterocycles. The lowest BCUT2D eigenvalue weighted by Crippen LogP contribution is -2.18. The topological polar surface area (TPSA) is 25.8 Å². The molecule has 0 N–H and O–H groups in total. The smallest absolute Gasteiger partial charge is 0.0692 e. The van der Waals surface area contributed by atoms with E-state index in [1.165, 1.54) is 29.9 Å². The van der Waals surface area contributed by atoms with Crippen molar-refractivity contribution in [1.82, 2.24) is 9.97 Å². The summed E-state index contributed by atoms with van der Waals surface area (Å²) in [7, 11) is -0.379. The van der Waals surface area contributed by atoms with Crippen molar-refractivity contribution in [3.63, 3.8) is 0 Å². The van der Waals surface area contributed by atoms with Crippen molar-refractivity contribution >= 4 is 18.8 Å². The van der Waals surface area contributed by atoms with Crippen LogP contribution in [-0.2, 0) is 0 Å². The number of aromatic nitrogens is 2. The Morgan fingerprint density at radius 1 is 0.941 bits per heavy atom. The third kappa shape index (κ3) is 3.34. The fourth-order valence-corrected chi connectivity index (χ4v) is 3.96. The second-order valence-electron chi connectivity index (χ2n) is 3.88. The predicted molar refractivity (Wildman–Crippen MR) is 74.4 cm³/mol. The van der Waals surface area contributed by atoms with Gasteiger partial charge in [-0.15, -0.1) is 0 Å². The normalized spacial score (nSPS) is 10.7. The molecule has 3 heteroatoms. The summed E-state index contributed by atoms with van der Waals surface area (Å²) in [5.41, 5.74) is 2.38. The summed E-state index contributed by atoms with van der Waals surface area (Å²) in [6, 6.07) is 12.3. The Kier molecular flexibility index (Phi) is 4.63. The summed E-state index contributed by atoms with van der Waals surface area (Å²) in [5, 5.41) is 0. The Morgan fingerprint density at radius 2 is 1.53 bits per heavy atom. The van der Waals surface area contributed by atoms with E-state index in [4.69, 9.17) is 0 Å². The van der Waals surface area contributed by atoms with Crippen molar-refractivity contribution in [2.45, 2.75) is 19.8 Å². The van der Waals surface area contributed by atoms with Crippen molar-refractivity contribution in [3.05, 3.63) is 48.8 Å². The van der Waals surface area contributed by atoms with Gasteiger partial charge in [-0.3, -0.25) is 9.97 Å². The highest BCUT2D eigenvalue weighted by molar-refractivity contribution is 7.72. The van der Waals surface area contributed by atoms with E-state index in [9.17, 15) is 0 Å². The van der Waals surface area contributed by atoms with Crippen LogP contribution in [0.5, 0.6) is 0 Å². The molecule has 0 radical (unpaired) electrons. The molecule has 2 aromatic rings. The lowest BCUT2D eigenvalue weighted by atomic mass is 10.4. The van der Waals surface area contributed by atoms with Crippen molar-refractivity contribution in [2.75, 3.05) is 6.16 Å². The van der Waals surface area contributed by atoms with Gasteiger partial charge in [0.2, 0.25) is 0 Å². The van der Waals surface area contributed by atoms with Gasteiger partial charge in [-0.1, -0.05) is 25.5 Å². The van der Waals surface area contributed by atoms with Crippen LogP contribution in [0.3, 0.4) is 0 Å². The average molecular weight is 244 g/mol. The van der Waals surface area contributed by atoms with Crippen molar-refractivity contribution < 1.29 is 0 Å². The van der Waals surface area contributed by atoms with E-state index in [0.717, 1.165) is 0 Å². The summed E-state index contributed by atoms with van der Waals surface area (Å²) >= 11 is 0. The van der Waals surface area contributed by atoms with Gasteiger partial charge in [0.05, 0.1) is 10.9 Å². The zero-order valence-electron chi connectivity index (χ0n) is 10.1. The first kappa shape index (κ1) is 12.2. The average Bonchev–Trinajstić information content (AvgIpc) is 2.42. The highest BCUT2D eigenvalue weighted by atomic mass is 31.1. The van der Waals surface area contributed by atoms with Crippen molar-refractivity contribution in [3.8, 4) is 0 Å². The van der Waals surface area contributed by atoms with Gasteiger partial charge < -0.3 is 0 Å². The number of nitrogens with zero attached hydrogens (tertiary/aromatic N) is 2. The molecule has 0 aliphatic rings. The minimum Gasteiger partial charge on any atom is -0.256 e. The Bertz CT molecular complexity index is 391. The first-order valence-corrected chi connectivity index (χ1v) is 7.54. The monoisotopic (exact) mass is 244 g/mol. The van der Waals surface area contributed by atoms with Crippen molar-refractivity contribution in [2.24, 2.45) is 0 Å². The number of hydrogen-bond acceptors (Lipinski definition) is 2. The second kappa shape index (κ2) is 6.46. The van der Waals surface area contributed by atoms with Gasteiger partial charge in [-0.2, -0.15) is 0 Å². The summed E-state index contributed by atoms with van der Waals surface area (Å²) in [5.74, 6) is 0. The van der Waals surface area contributed by atoms with Crippen LogP contribution in [0.4, 0.5) is 0 Å². The Morgan fingerprint density at radius 3 is 1.94 bits per heavy atom. The molecular formula is C14H17N2P. The van der Waals surface area contributed by atoms with Gasteiger partial charge in [-0.05, 0) is 44.8 Å². The summed E-state index contributed by atoms with van der Waals surface area (Å²) in [4.78, 5) is 8.99. The molecule has 0 unspecified atom stereocenters. The minimum absolute atomic E-state index is 0.379. The number of rotatable bonds is 5. The fraction of sp³-hybridized carbons (Fsp3) is 0.286. The summed E-state index contributed by atoms with van der Waals surface area (Å²) < 4.78 is 0.